The van der Waals surface area contributed by atoms with Crippen LogP contribution in [0.25, 0.3) is 11.0 Å². The Hall–Kier alpha value is -2.00. The summed E-state index contributed by atoms with van der Waals surface area (Å²) < 4.78 is 2.12. The molecule has 0 saturated carbocycles. The molecule has 0 atom stereocenters. The van der Waals surface area contributed by atoms with Gasteiger partial charge in [0, 0.05) is 17.8 Å². The van der Waals surface area contributed by atoms with E-state index in [-0.39, 0.29) is 0 Å². The summed E-state index contributed by atoms with van der Waals surface area (Å²) in [7, 11) is 2.04. The molecule has 0 radical (unpaired) electrons. The standard InChI is InChI=1S/C16H16ClN3/c1-11-6-7-15-14(8-11)19-16(20(15)2)10-18-13-5-3-4-12(17)9-13/h3-9,18H,10H2,1-2H3. The van der Waals surface area contributed by atoms with Crippen molar-refractivity contribution >= 4 is 28.3 Å². The summed E-state index contributed by atoms with van der Waals surface area (Å²) in [6.45, 7) is 2.75. The summed E-state index contributed by atoms with van der Waals surface area (Å²) in [4.78, 5) is 4.68. The fraction of sp³-hybridized carbons (Fsp3) is 0.188. The molecular weight excluding hydrogens is 270 g/mol. The predicted octanol–water partition coefficient (Wildman–Crippen LogP) is 4.15. The molecule has 1 heterocycles. The molecule has 0 spiro atoms. The van der Waals surface area contributed by atoms with Crippen LogP contribution < -0.4 is 5.32 Å². The Kier molecular flexibility index (Phi) is 3.36. The lowest BCUT2D eigenvalue weighted by Gasteiger charge is -2.06. The van der Waals surface area contributed by atoms with E-state index in [1.807, 2.05) is 31.3 Å². The smallest absolute Gasteiger partial charge is 0.128 e. The molecule has 0 bridgehead atoms. The summed E-state index contributed by atoms with van der Waals surface area (Å²) in [6.07, 6.45) is 0. The van der Waals surface area contributed by atoms with Crippen LogP contribution in [0.1, 0.15) is 11.4 Å². The zero-order chi connectivity index (χ0) is 14.1. The molecule has 0 saturated heterocycles. The van der Waals surface area contributed by atoms with E-state index in [1.54, 1.807) is 0 Å². The van der Waals surface area contributed by atoms with Crippen LogP contribution in [0.4, 0.5) is 5.69 Å². The molecule has 0 aliphatic heterocycles. The maximum Gasteiger partial charge on any atom is 0.128 e. The van der Waals surface area contributed by atoms with Crippen molar-refractivity contribution in [2.24, 2.45) is 7.05 Å². The minimum atomic E-state index is 0.671. The first-order valence-corrected chi connectivity index (χ1v) is 6.93. The highest BCUT2D eigenvalue weighted by Gasteiger charge is 2.07. The van der Waals surface area contributed by atoms with Crippen LogP contribution in [0.5, 0.6) is 0 Å². The van der Waals surface area contributed by atoms with Gasteiger partial charge in [0.15, 0.2) is 0 Å². The van der Waals surface area contributed by atoms with Gasteiger partial charge in [0.2, 0.25) is 0 Å². The number of nitrogens with zero attached hydrogens (tertiary/aromatic N) is 2. The van der Waals surface area contributed by atoms with Gasteiger partial charge in [-0.3, -0.25) is 0 Å². The van der Waals surface area contributed by atoms with Gasteiger partial charge in [-0.1, -0.05) is 23.7 Å². The molecule has 0 fully saturated rings. The van der Waals surface area contributed by atoms with Gasteiger partial charge in [-0.15, -0.1) is 0 Å². The van der Waals surface area contributed by atoms with E-state index in [9.17, 15) is 0 Å². The number of hydrogen-bond donors (Lipinski definition) is 1. The van der Waals surface area contributed by atoms with Crippen molar-refractivity contribution < 1.29 is 0 Å². The summed E-state index contributed by atoms with van der Waals surface area (Å²) in [5.41, 5.74) is 4.42. The number of halogens is 1. The third kappa shape index (κ3) is 2.49. The first-order chi connectivity index (χ1) is 9.63. The predicted molar refractivity (Wildman–Crippen MR) is 84.2 cm³/mol. The molecule has 0 aliphatic carbocycles. The van der Waals surface area contributed by atoms with E-state index >= 15 is 0 Å². The third-order valence-corrected chi connectivity index (χ3v) is 3.64. The number of benzene rings is 2. The zero-order valence-electron chi connectivity index (χ0n) is 11.5. The van der Waals surface area contributed by atoms with Crippen LogP contribution in [0.3, 0.4) is 0 Å². The van der Waals surface area contributed by atoms with Crippen molar-refractivity contribution in [1.29, 1.82) is 0 Å². The first-order valence-electron chi connectivity index (χ1n) is 6.55. The maximum absolute atomic E-state index is 5.98. The molecular formula is C16H16ClN3. The van der Waals surface area contributed by atoms with Crippen molar-refractivity contribution in [1.82, 2.24) is 9.55 Å². The van der Waals surface area contributed by atoms with Crippen molar-refractivity contribution in [3.05, 3.63) is 58.9 Å². The lowest BCUT2D eigenvalue weighted by Crippen LogP contribution is -2.05. The monoisotopic (exact) mass is 285 g/mol. The second kappa shape index (κ2) is 5.17. The van der Waals surface area contributed by atoms with Gasteiger partial charge < -0.3 is 9.88 Å². The SMILES string of the molecule is Cc1ccc2c(c1)nc(CNc1cccc(Cl)c1)n2C. The summed E-state index contributed by atoms with van der Waals surface area (Å²) in [5, 5.41) is 4.08. The minimum Gasteiger partial charge on any atom is -0.378 e. The van der Waals surface area contributed by atoms with Crippen LogP contribution in [0.2, 0.25) is 5.02 Å². The quantitative estimate of drug-likeness (QED) is 0.783. The van der Waals surface area contributed by atoms with Gasteiger partial charge in [0.05, 0.1) is 17.6 Å². The molecule has 3 nitrogen and oxygen atoms in total. The van der Waals surface area contributed by atoms with E-state index in [0.29, 0.717) is 6.54 Å². The lowest BCUT2D eigenvalue weighted by molar-refractivity contribution is 0.834. The minimum absolute atomic E-state index is 0.671. The van der Waals surface area contributed by atoms with Crippen LogP contribution in [-0.4, -0.2) is 9.55 Å². The van der Waals surface area contributed by atoms with Gasteiger partial charge in [0.25, 0.3) is 0 Å². The molecule has 1 aromatic heterocycles. The van der Waals surface area contributed by atoms with Crippen LogP contribution in [-0.2, 0) is 13.6 Å². The maximum atomic E-state index is 5.98. The molecule has 4 heteroatoms. The Morgan fingerprint density at radius 3 is 2.85 bits per heavy atom. The van der Waals surface area contributed by atoms with Gasteiger partial charge in [0.1, 0.15) is 5.82 Å². The van der Waals surface area contributed by atoms with Crippen molar-refractivity contribution in [2.75, 3.05) is 5.32 Å². The highest BCUT2D eigenvalue weighted by molar-refractivity contribution is 6.30. The fourth-order valence-electron chi connectivity index (χ4n) is 2.30. The Morgan fingerprint density at radius 1 is 1.20 bits per heavy atom. The van der Waals surface area contributed by atoms with Crippen LogP contribution >= 0.6 is 11.6 Å². The Morgan fingerprint density at radius 2 is 2.05 bits per heavy atom. The number of anilines is 1. The number of nitrogens with one attached hydrogen (secondary N) is 1. The highest BCUT2D eigenvalue weighted by atomic mass is 35.5. The molecule has 3 rings (SSSR count). The van der Waals surface area contributed by atoms with Gasteiger partial charge in [-0.2, -0.15) is 0 Å². The molecule has 0 aliphatic rings. The molecule has 1 N–H and O–H groups in total. The summed E-state index contributed by atoms with van der Waals surface area (Å²) >= 11 is 5.98. The zero-order valence-corrected chi connectivity index (χ0v) is 12.3. The van der Waals surface area contributed by atoms with Gasteiger partial charge >= 0.3 is 0 Å². The van der Waals surface area contributed by atoms with E-state index < -0.39 is 0 Å². The Labute approximate surface area is 123 Å². The Balaban J connectivity index is 1.86. The second-order valence-electron chi connectivity index (χ2n) is 4.94. The van der Waals surface area contributed by atoms with E-state index in [2.05, 4.69) is 40.0 Å². The summed E-state index contributed by atoms with van der Waals surface area (Å²) in [6, 6.07) is 14.0. The van der Waals surface area contributed by atoms with Crippen molar-refractivity contribution in [3.63, 3.8) is 0 Å². The molecule has 3 aromatic rings. The number of aromatic nitrogens is 2. The molecule has 102 valence electrons. The van der Waals surface area contributed by atoms with Crippen molar-refractivity contribution in [2.45, 2.75) is 13.5 Å². The molecule has 20 heavy (non-hydrogen) atoms. The van der Waals surface area contributed by atoms with Crippen molar-refractivity contribution in [3.8, 4) is 0 Å². The average molecular weight is 286 g/mol. The normalized spacial score (nSPS) is 10.9. The van der Waals surface area contributed by atoms with E-state index in [4.69, 9.17) is 11.6 Å². The van der Waals surface area contributed by atoms with Crippen LogP contribution in [0.15, 0.2) is 42.5 Å². The topological polar surface area (TPSA) is 29.9 Å². The van der Waals surface area contributed by atoms with Gasteiger partial charge in [-0.25, -0.2) is 4.98 Å². The third-order valence-electron chi connectivity index (χ3n) is 3.40. The number of fused-ring (bicyclic) bond motifs is 1. The molecule has 0 amide bonds. The first kappa shape index (κ1) is 13.0. The lowest BCUT2D eigenvalue weighted by atomic mass is 10.2. The molecule has 0 unspecified atom stereocenters. The highest BCUT2D eigenvalue weighted by Crippen LogP contribution is 2.19. The molecule has 2 aromatic carbocycles. The Bertz CT molecular complexity index is 762. The number of hydrogen-bond acceptors (Lipinski definition) is 2. The second-order valence-corrected chi connectivity index (χ2v) is 5.38. The fourth-order valence-corrected chi connectivity index (χ4v) is 2.49. The number of imidazole rings is 1. The average Bonchev–Trinajstić information content (AvgIpc) is 2.72. The van der Waals surface area contributed by atoms with Gasteiger partial charge in [-0.05, 0) is 42.8 Å². The number of rotatable bonds is 3. The van der Waals surface area contributed by atoms with E-state index in [1.165, 1.54) is 5.56 Å². The van der Waals surface area contributed by atoms with Crippen LogP contribution in [0, 0.1) is 6.92 Å². The van der Waals surface area contributed by atoms with E-state index in [0.717, 1.165) is 27.6 Å². The largest absolute Gasteiger partial charge is 0.378 e. The number of aryl methyl sites for hydroxylation is 2. The summed E-state index contributed by atoms with van der Waals surface area (Å²) in [5.74, 6) is 1.01.